The summed E-state index contributed by atoms with van der Waals surface area (Å²) in [6.45, 7) is 7.32. The van der Waals surface area contributed by atoms with E-state index in [2.05, 4.69) is 45.1 Å². The number of aryl methyl sites for hydroxylation is 1. The van der Waals surface area contributed by atoms with Crippen LogP contribution in [-0.4, -0.2) is 51.8 Å². The summed E-state index contributed by atoms with van der Waals surface area (Å²) in [5.41, 5.74) is 1.22. The van der Waals surface area contributed by atoms with E-state index in [1.54, 1.807) is 0 Å². The van der Waals surface area contributed by atoms with Crippen LogP contribution in [-0.2, 0) is 13.1 Å². The fourth-order valence-electron chi connectivity index (χ4n) is 3.76. The predicted molar refractivity (Wildman–Crippen MR) is 98.6 cm³/mol. The van der Waals surface area contributed by atoms with Crippen molar-refractivity contribution in [1.29, 1.82) is 0 Å². The van der Waals surface area contributed by atoms with Gasteiger partial charge in [-0.1, -0.05) is 0 Å². The Bertz CT molecular complexity index is 733. The normalized spacial score (nSPS) is 20.7. The van der Waals surface area contributed by atoms with E-state index >= 15 is 0 Å². The minimum Gasteiger partial charge on any atom is -0.336 e. The number of hydrogen-bond acceptors (Lipinski definition) is 4. The van der Waals surface area contributed by atoms with Crippen molar-refractivity contribution in [2.75, 3.05) is 26.2 Å². The molecule has 134 valence electrons. The van der Waals surface area contributed by atoms with Crippen molar-refractivity contribution < 1.29 is 4.79 Å². The topological polar surface area (TPSA) is 53.4 Å². The smallest absolute Gasteiger partial charge is 0.317 e. The molecule has 0 radical (unpaired) electrons. The first kappa shape index (κ1) is 16.6. The summed E-state index contributed by atoms with van der Waals surface area (Å²) in [4.78, 5) is 19.4. The lowest BCUT2D eigenvalue weighted by molar-refractivity contribution is 0.162. The van der Waals surface area contributed by atoms with Crippen LogP contribution in [0, 0.1) is 6.92 Å². The minimum atomic E-state index is 0.0669. The summed E-state index contributed by atoms with van der Waals surface area (Å²) < 4.78 is 2.08. The monoisotopic (exact) mass is 359 g/mol. The molecule has 2 aromatic rings. The zero-order chi connectivity index (χ0) is 17.2. The quantitative estimate of drug-likeness (QED) is 0.913. The van der Waals surface area contributed by atoms with Crippen LogP contribution < -0.4 is 5.32 Å². The van der Waals surface area contributed by atoms with Gasteiger partial charge < -0.3 is 10.2 Å². The highest BCUT2D eigenvalue weighted by Crippen LogP contribution is 2.24. The van der Waals surface area contributed by atoms with E-state index in [1.807, 2.05) is 22.4 Å². The van der Waals surface area contributed by atoms with Gasteiger partial charge in [0.2, 0.25) is 0 Å². The van der Waals surface area contributed by atoms with Crippen LogP contribution in [0.3, 0.4) is 0 Å². The highest BCUT2D eigenvalue weighted by molar-refractivity contribution is 7.11. The Morgan fingerprint density at radius 3 is 2.92 bits per heavy atom. The van der Waals surface area contributed by atoms with Crippen LogP contribution in [0.2, 0.25) is 0 Å². The average molecular weight is 359 g/mol. The molecule has 2 aliphatic rings. The molecule has 4 heterocycles. The molecule has 1 atom stereocenters. The number of aromatic nitrogens is 2. The molecule has 6 nitrogen and oxygen atoms in total. The Kier molecular flexibility index (Phi) is 4.76. The van der Waals surface area contributed by atoms with Gasteiger partial charge >= 0.3 is 6.03 Å². The number of hydrogen-bond donors (Lipinski definition) is 1. The minimum absolute atomic E-state index is 0.0669. The van der Waals surface area contributed by atoms with Crippen molar-refractivity contribution in [3.63, 3.8) is 0 Å². The van der Waals surface area contributed by atoms with E-state index in [9.17, 15) is 4.79 Å². The molecule has 25 heavy (non-hydrogen) atoms. The highest BCUT2D eigenvalue weighted by atomic mass is 32.1. The van der Waals surface area contributed by atoms with Gasteiger partial charge in [0.25, 0.3) is 0 Å². The van der Waals surface area contributed by atoms with Crippen molar-refractivity contribution in [3.8, 4) is 0 Å². The second-order valence-corrected chi connectivity index (χ2v) is 8.36. The number of amides is 2. The van der Waals surface area contributed by atoms with Crippen molar-refractivity contribution in [2.24, 2.45) is 0 Å². The molecule has 1 saturated heterocycles. The largest absolute Gasteiger partial charge is 0.336 e. The number of rotatable bonds is 4. The Labute approximate surface area is 152 Å². The van der Waals surface area contributed by atoms with Crippen LogP contribution in [0.15, 0.2) is 24.4 Å². The second kappa shape index (κ2) is 7.17. The van der Waals surface area contributed by atoms with E-state index in [-0.39, 0.29) is 12.1 Å². The van der Waals surface area contributed by atoms with E-state index < -0.39 is 0 Å². The number of nitrogens with zero attached hydrogens (tertiary/aromatic N) is 4. The standard InChI is InChI=1S/C18H25N5OS/c1-14-4-5-17(25-14)13-21-11-15-6-7-20-23(15)16(12-21)10-19-18(24)22-8-2-3-9-22/h4-7,16H,2-3,8-13H2,1H3,(H,19,24)/t16-/m1/s1. The van der Waals surface area contributed by atoms with E-state index in [0.29, 0.717) is 6.54 Å². The lowest BCUT2D eigenvalue weighted by Gasteiger charge is -2.34. The van der Waals surface area contributed by atoms with E-state index in [0.717, 1.165) is 45.6 Å². The number of thiophene rings is 1. The fourth-order valence-corrected chi connectivity index (χ4v) is 4.70. The summed E-state index contributed by atoms with van der Waals surface area (Å²) >= 11 is 1.86. The van der Waals surface area contributed by atoms with Crippen molar-refractivity contribution in [1.82, 2.24) is 24.9 Å². The molecule has 0 unspecified atom stereocenters. The van der Waals surface area contributed by atoms with Gasteiger partial charge in [-0.3, -0.25) is 9.58 Å². The lowest BCUT2D eigenvalue weighted by Crippen LogP contribution is -2.45. The number of urea groups is 1. The Balaban J connectivity index is 1.40. The van der Waals surface area contributed by atoms with Crippen LogP contribution in [0.5, 0.6) is 0 Å². The predicted octanol–water partition coefficient (Wildman–Crippen LogP) is 2.62. The zero-order valence-electron chi connectivity index (χ0n) is 14.6. The third kappa shape index (κ3) is 3.72. The molecule has 1 N–H and O–H groups in total. The van der Waals surface area contributed by atoms with Gasteiger partial charge in [-0.05, 0) is 38.0 Å². The maximum atomic E-state index is 12.3. The molecule has 1 fully saturated rings. The summed E-state index contributed by atoms with van der Waals surface area (Å²) in [5.74, 6) is 0. The number of carbonyl (C=O) groups is 1. The molecule has 0 saturated carbocycles. The summed E-state index contributed by atoms with van der Waals surface area (Å²) in [6.07, 6.45) is 4.10. The SMILES string of the molecule is Cc1ccc(CN2Cc3ccnn3[C@H](CNC(=O)N3CCCC3)C2)s1. The average Bonchev–Trinajstić information content (AvgIpc) is 3.33. The molecule has 0 aromatic carbocycles. The molecular weight excluding hydrogens is 334 g/mol. The molecular formula is C18H25N5OS. The fraction of sp³-hybridized carbons (Fsp3) is 0.556. The maximum Gasteiger partial charge on any atom is 0.317 e. The molecule has 0 bridgehead atoms. The highest BCUT2D eigenvalue weighted by Gasteiger charge is 2.27. The first-order chi connectivity index (χ1) is 12.2. The Morgan fingerprint density at radius 1 is 1.32 bits per heavy atom. The molecule has 2 aliphatic heterocycles. The van der Waals surface area contributed by atoms with Crippen LogP contribution in [0.25, 0.3) is 0 Å². The summed E-state index contributed by atoms with van der Waals surface area (Å²) in [5, 5.41) is 7.60. The van der Waals surface area contributed by atoms with Crippen LogP contribution in [0.1, 0.15) is 34.3 Å². The van der Waals surface area contributed by atoms with E-state index in [4.69, 9.17) is 0 Å². The van der Waals surface area contributed by atoms with Crippen LogP contribution in [0.4, 0.5) is 4.79 Å². The van der Waals surface area contributed by atoms with Gasteiger partial charge in [-0.25, -0.2) is 4.79 Å². The molecule has 4 rings (SSSR count). The number of nitrogens with one attached hydrogen (secondary N) is 1. The van der Waals surface area contributed by atoms with Crippen molar-refractivity contribution >= 4 is 17.4 Å². The number of fused-ring (bicyclic) bond motifs is 1. The second-order valence-electron chi connectivity index (χ2n) is 6.98. The van der Waals surface area contributed by atoms with Gasteiger partial charge in [-0.2, -0.15) is 5.10 Å². The first-order valence-electron chi connectivity index (χ1n) is 9.02. The third-order valence-corrected chi connectivity index (χ3v) is 6.00. The molecule has 7 heteroatoms. The molecule has 2 amide bonds. The Hall–Kier alpha value is -1.86. The maximum absolute atomic E-state index is 12.3. The van der Waals surface area contributed by atoms with Gasteiger partial charge in [0, 0.05) is 55.2 Å². The molecule has 0 spiro atoms. The Morgan fingerprint density at radius 2 is 2.16 bits per heavy atom. The van der Waals surface area contributed by atoms with Gasteiger partial charge in [0.05, 0.1) is 11.7 Å². The number of carbonyl (C=O) groups excluding carboxylic acids is 1. The number of likely N-dealkylation sites (tertiary alicyclic amines) is 1. The lowest BCUT2D eigenvalue weighted by atomic mass is 10.2. The van der Waals surface area contributed by atoms with Gasteiger partial charge in [-0.15, -0.1) is 11.3 Å². The van der Waals surface area contributed by atoms with Gasteiger partial charge in [0.15, 0.2) is 0 Å². The van der Waals surface area contributed by atoms with Crippen molar-refractivity contribution in [3.05, 3.63) is 39.8 Å². The summed E-state index contributed by atoms with van der Waals surface area (Å²) in [6, 6.07) is 6.74. The summed E-state index contributed by atoms with van der Waals surface area (Å²) in [7, 11) is 0. The first-order valence-corrected chi connectivity index (χ1v) is 9.83. The molecule has 0 aliphatic carbocycles. The van der Waals surface area contributed by atoms with Crippen LogP contribution >= 0.6 is 11.3 Å². The third-order valence-electron chi connectivity index (χ3n) is 5.01. The van der Waals surface area contributed by atoms with E-state index in [1.165, 1.54) is 15.4 Å². The van der Waals surface area contributed by atoms with Gasteiger partial charge in [0.1, 0.15) is 0 Å². The zero-order valence-corrected chi connectivity index (χ0v) is 15.5. The van der Waals surface area contributed by atoms with Crippen molar-refractivity contribution in [2.45, 2.75) is 38.9 Å². The molecule has 2 aromatic heterocycles.